The Bertz CT molecular complexity index is 889. The number of carbonyl (C=O) groups excluding carboxylic acids is 1. The average Bonchev–Trinajstić information content (AvgIpc) is 3.11. The smallest absolute Gasteiger partial charge is 0.224 e. The highest BCUT2D eigenvalue weighted by Crippen LogP contribution is 2.24. The lowest BCUT2D eigenvalue weighted by molar-refractivity contribution is -0.124. The van der Waals surface area contributed by atoms with E-state index in [-0.39, 0.29) is 11.8 Å². The predicted molar refractivity (Wildman–Crippen MR) is 104 cm³/mol. The Morgan fingerprint density at radius 3 is 2.85 bits per heavy atom. The number of hydrogen-bond donors (Lipinski definition) is 2. The lowest BCUT2D eigenvalue weighted by Crippen LogP contribution is -2.34. The molecular formula is C20H25N5O. The summed E-state index contributed by atoms with van der Waals surface area (Å²) in [6.45, 7) is 7.78. The number of aryl methyl sites for hydroxylation is 2. The zero-order valence-electron chi connectivity index (χ0n) is 15.5. The van der Waals surface area contributed by atoms with Crippen molar-refractivity contribution in [3.05, 3.63) is 54.0 Å². The maximum absolute atomic E-state index is 12.2. The van der Waals surface area contributed by atoms with Crippen molar-refractivity contribution in [3.8, 4) is 0 Å². The summed E-state index contributed by atoms with van der Waals surface area (Å²) in [7, 11) is 0. The summed E-state index contributed by atoms with van der Waals surface area (Å²) in [6.07, 6.45) is 3.58. The van der Waals surface area contributed by atoms with Gasteiger partial charge >= 0.3 is 0 Å². The van der Waals surface area contributed by atoms with Crippen LogP contribution in [0.15, 0.2) is 42.7 Å². The molecule has 26 heavy (non-hydrogen) atoms. The first-order valence-corrected chi connectivity index (χ1v) is 8.90. The van der Waals surface area contributed by atoms with Crippen LogP contribution in [0.3, 0.4) is 0 Å². The van der Waals surface area contributed by atoms with Gasteiger partial charge in [-0.15, -0.1) is 0 Å². The number of nitrogens with one attached hydrogen (secondary N) is 2. The fourth-order valence-electron chi connectivity index (χ4n) is 2.95. The maximum Gasteiger partial charge on any atom is 0.224 e. The molecule has 0 saturated heterocycles. The van der Waals surface area contributed by atoms with Crippen LogP contribution in [0.1, 0.15) is 18.2 Å². The van der Waals surface area contributed by atoms with E-state index < -0.39 is 0 Å². The van der Waals surface area contributed by atoms with Gasteiger partial charge in [-0.3, -0.25) is 14.5 Å². The number of aromatic nitrogens is 3. The zero-order chi connectivity index (χ0) is 18.5. The van der Waals surface area contributed by atoms with Crippen LogP contribution in [0.2, 0.25) is 0 Å². The van der Waals surface area contributed by atoms with Crippen molar-refractivity contribution in [3.63, 3.8) is 0 Å². The lowest BCUT2D eigenvalue weighted by atomic mass is 10.1. The molecule has 0 aliphatic carbocycles. The molecule has 2 N–H and O–H groups in total. The van der Waals surface area contributed by atoms with E-state index in [0.717, 1.165) is 22.3 Å². The third-order valence-electron chi connectivity index (χ3n) is 4.30. The normalized spacial score (nSPS) is 12.1. The van der Waals surface area contributed by atoms with Gasteiger partial charge in [0.1, 0.15) is 0 Å². The van der Waals surface area contributed by atoms with E-state index >= 15 is 0 Å². The van der Waals surface area contributed by atoms with Crippen molar-refractivity contribution in [1.82, 2.24) is 20.1 Å². The van der Waals surface area contributed by atoms with Gasteiger partial charge in [-0.1, -0.05) is 18.6 Å². The number of hydrogen-bond acceptors (Lipinski definition) is 4. The Labute approximate surface area is 153 Å². The van der Waals surface area contributed by atoms with Crippen molar-refractivity contribution in [2.24, 2.45) is 5.92 Å². The number of anilines is 1. The molecule has 3 rings (SSSR count). The number of benzene rings is 1. The van der Waals surface area contributed by atoms with Gasteiger partial charge in [0.15, 0.2) is 0 Å². The Morgan fingerprint density at radius 1 is 1.23 bits per heavy atom. The quantitative estimate of drug-likeness (QED) is 0.642. The molecule has 136 valence electrons. The fourth-order valence-corrected chi connectivity index (χ4v) is 2.95. The third kappa shape index (κ3) is 4.39. The van der Waals surface area contributed by atoms with Gasteiger partial charge in [0.05, 0.1) is 18.0 Å². The molecule has 0 fully saturated rings. The van der Waals surface area contributed by atoms with Crippen LogP contribution >= 0.6 is 0 Å². The molecule has 3 aromatic rings. The monoisotopic (exact) mass is 351 g/mol. The molecule has 6 heteroatoms. The average molecular weight is 351 g/mol. The van der Waals surface area contributed by atoms with E-state index in [9.17, 15) is 4.79 Å². The molecule has 0 spiro atoms. The molecule has 2 aromatic heterocycles. The summed E-state index contributed by atoms with van der Waals surface area (Å²) in [4.78, 5) is 16.8. The molecule has 1 atom stereocenters. The number of rotatable bonds is 7. The molecule has 0 radical (unpaired) electrons. The van der Waals surface area contributed by atoms with Crippen LogP contribution in [0.4, 0.5) is 5.69 Å². The van der Waals surface area contributed by atoms with Gasteiger partial charge in [-0.25, -0.2) is 0 Å². The van der Waals surface area contributed by atoms with Gasteiger partial charge in [-0.2, -0.15) is 5.10 Å². The number of carbonyl (C=O) groups is 1. The van der Waals surface area contributed by atoms with E-state index in [0.29, 0.717) is 19.6 Å². The van der Waals surface area contributed by atoms with Crippen molar-refractivity contribution >= 4 is 22.5 Å². The lowest BCUT2D eigenvalue weighted by Gasteiger charge is -2.14. The molecular weight excluding hydrogens is 326 g/mol. The minimum atomic E-state index is -0.124. The Morgan fingerprint density at radius 2 is 2.08 bits per heavy atom. The number of amides is 1. The second kappa shape index (κ2) is 7.99. The van der Waals surface area contributed by atoms with E-state index in [1.807, 2.05) is 38.2 Å². The second-order valence-electron chi connectivity index (χ2n) is 6.68. The van der Waals surface area contributed by atoms with Gasteiger partial charge in [0.25, 0.3) is 0 Å². The zero-order valence-corrected chi connectivity index (χ0v) is 15.5. The largest absolute Gasteiger partial charge is 0.383 e. The standard InChI is InChI=1S/C20H25N5O/c1-14-5-6-18-17(11-14)19(12-16(3)24-18)21-8-9-22-20(26)15(2)13-25-10-4-7-23-25/h4-7,10-12,15H,8-9,13H2,1-3H3,(H,21,24)(H,22,26). The van der Waals surface area contributed by atoms with Crippen LogP contribution in [0.25, 0.3) is 10.9 Å². The topological polar surface area (TPSA) is 71.8 Å². The van der Waals surface area contributed by atoms with E-state index in [1.54, 1.807) is 10.9 Å². The van der Waals surface area contributed by atoms with Crippen LogP contribution in [0, 0.1) is 19.8 Å². The van der Waals surface area contributed by atoms with Crippen molar-refractivity contribution in [2.45, 2.75) is 27.3 Å². The second-order valence-corrected chi connectivity index (χ2v) is 6.68. The molecule has 0 bridgehead atoms. The van der Waals surface area contributed by atoms with Crippen LogP contribution in [0.5, 0.6) is 0 Å². The summed E-state index contributed by atoms with van der Waals surface area (Å²) in [5.74, 6) is -0.0875. The highest BCUT2D eigenvalue weighted by atomic mass is 16.1. The molecule has 0 aliphatic rings. The first-order chi connectivity index (χ1) is 12.5. The minimum absolute atomic E-state index is 0.0360. The molecule has 1 unspecified atom stereocenters. The highest BCUT2D eigenvalue weighted by molar-refractivity contribution is 5.92. The maximum atomic E-state index is 12.2. The molecule has 0 saturated carbocycles. The fraction of sp³-hybridized carbons (Fsp3) is 0.350. The SMILES string of the molecule is Cc1ccc2nc(C)cc(NCCNC(=O)C(C)Cn3cccn3)c2c1. The van der Waals surface area contributed by atoms with Gasteiger partial charge in [0, 0.05) is 42.3 Å². The van der Waals surface area contributed by atoms with E-state index in [1.165, 1.54) is 5.56 Å². The van der Waals surface area contributed by atoms with Crippen molar-refractivity contribution in [1.29, 1.82) is 0 Å². The Hall–Kier alpha value is -2.89. The van der Waals surface area contributed by atoms with Gasteiger partial charge in [0.2, 0.25) is 5.91 Å². The molecule has 1 aromatic carbocycles. The minimum Gasteiger partial charge on any atom is -0.383 e. The van der Waals surface area contributed by atoms with E-state index in [2.05, 4.69) is 39.8 Å². The molecule has 2 heterocycles. The van der Waals surface area contributed by atoms with Crippen LogP contribution < -0.4 is 10.6 Å². The van der Waals surface area contributed by atoms with Crippen molar-refractivity contribution < 1.29 is 4.79 Å². The summed E-state index contributed by atoms with van der Waals surface area (Å²) in [5.41, 5.74) is 4.21. The molecule has 0 aliphatic heterocycles. The van der Waals surface area contributed by atoms with E-state index in [4.69, 9.17) is 0 Å². The summed E-state index contributed by atoms with van der Waals surface area (Å²) in [6, 6.07) is 10.2. The number of fused-ring (bicyclic) bond motifs is 1. The highest BCUT2D eigenvalue weighted by Gasteiger charge is 2.13. The first kappa shape index (κ1) is 17.9. The summed E-state index contributed by atoms with van der Waals surface area (Å²) in [5, 5.41) is 11.6. The van der Waals surface area contributed by atoms with Gasteiger partial charge < -0.3 is 10.6 Å². The Kier molecular flexibility index (Phi) is 5.51. The Balaban J connectivity index is 1.54. The summed E-state index contributed by atoms with van der Waals surface area (Å²) < 4.78 is 1.77. The first-order valence-electron chi connectivity index (χ1n) is 8.90. The number of pyridine rings is 1. The summed E-state index contributed by atoms with van der Waals surface area (Å²) >= 11 is 0. The molecule has 6 nitrogen and oxygen atoms in total. The third-order valence-corrected chi connectivity index (χ3v) is 4.30. The molecule has 1 amide bonds. The van der Waals surface area contributed by atoms with Crippen LogP contribution in [-0.2, 0) is 11.3 Å². The predicted octanol–water partition coefficient (Wildman–Crippen LogP) is 2.91. The van der Waals surface area contributed by atoms with Gasteiger partial charge in [-0.05, 0) is 38.1 Å². The number of nitrogens with zero attached hydrogens (tertiary/aromatic N) is 3. The van der Waals surface area contributed by atoms with Crippen molar-refractivity contribution in [2.75, 3.05) is 18.4 Å². The van der Waals surface area contributed by atoms with Crippen LogP contribution in [-0.4, -0.2) is 33.8 Å².